The first-order chi connectivity index (χ1) is 8.61. The van der Waals surface area contributed by atoms with E-state index in [9.17, 15) is 14.3 Å². The lowest BCUT2D eigenvalue weighted by Gasteiger charge is -2.14. The number of non-ortho nitro benzene ring substituents is 1. The summed E-state index contributed by atoms with van der Waals surface area (Å²) < 4.78 is 12.1. The fourth-order valence-electron chi connectivity index (χ4n) is 1.93. The van der Waals surface area contributed by atoms with Crippen LogP contribution in [0.4, 0.5) is 5.69 Å². The molecule has 0 bridgehead atoms. The Bertz CT molecular complexity index is 457. The number of nitrogens with zero attached hydrogens (tertiary/aromatic N) is 1. The van der Waals surface area contributed by atoms with Gasteiger partial charge in [-0.1, -0.05) is 0 Å². The van der Waals surface area contributed by atoms with Crippen molar-refractivity contribution in [1.29, 1.82) is 0 Å². The number of hydrogen-bond acceptors (Lipinski definition) is 4. The molecule has 2 atom stereocenters. The minimum atomic E-state index is -1.10. The van der Waals surface area contributed by atoms with Crippen LogP contribution in [0.3, 0.4) is 0 Å². The van der Waals surface area contributed by atoms with Crippen molar-refractivity contribution in [2.45, 2.75) is 23.8 Å². The second kappa shape index (κ2) is 5.58. The Morgan fingerprint density at radius 3 is 2.50 bits per heavy atom. The van der Waals surface area contributed by atoms with Crippen LogP contribution in [0.15, 0.2) is 29.2 Å². The van der Waals surface area contributed by atoms with Crippen molar-refractivity contribution in [2.24, 2.45) is 5.92 Å². The molecule has 2 unspecified atom stereocenters. The van der Waals surface area contributed by atoms with E-state index in [1.807, 2.05) is 7.05 Å². The first-order valence-electron chi connectivity index (χ1n) is 5.92. The van der Waals surface area contributed by atoms with E-state index in [2.05, 4.69) is 5.32 Å². The van der Waals surface area contributed by atoms with Gasteiger partial charge in [0.15, 0.2) is 0 Å². The molecule has 18 heavy (non-hydrogen) atoms. The number of benzene rings is 1. The highest BCUT2D eigenvalue weighted by Gasteiger charge is 2.31. The predicted octanol–water partition coefficient (Wildman–Crippen LogP) is 1.70. The van der Waals surface area contributed by atoms with Crippen LogP contribution in [-0.2, 0) is 10.8 Å². The smallest absolute Gasteiger partial charge is 0.269 e. The lowest BCUT2D eigenvalue weighted by molar-refractivity contribution is -0.384. The van der Waals surface area contributed by atoms with Crippen LogP contribution < -0.4 is 5.32 Å². The van der Waals surface area contributed by atoms with Gasteiger partial charge in [-0.25, -0.2) is 0 Å². The summed E-state index contributed by atoms with van der Waals surface area (Å²) in [6.07, 6.45) is 2.39. The zero-order valence-electron chi connectivity index (χ0n) is 10.2. The molecule has 1 saturated carbocycles. The van der Waals surface area contributed by atoms with Gasteiger partial charge in [-0.05, 0) is 37.9 Å². The van der Waals surface area contributed by atoms with Crippen molar-refractivity contribution < 1.29 is 9.13 Å². The number of rotatable bonds is 6. The summed E-state index contributed by atoms with van der Waals surface area (Å²) in [6.45, 7) is 0. The number of nitro benzene ring substituents is 1. The third-order valence-electron chi connectivity index (χ3n) is 3.20. The average Bonchev–Trinajstić information content (AvgIpc) is 3.20. The maximum atomic E-state index is 12.1. The molecule has 0 aromatic heterocycles. The van der Waals surface area contributed by atoms with Gasteiger partial charge in [-0.3, -0.25) is 14.3 Å². The highest BCUT2D eigenvalue weighted by Crippen LogP contribution is 2.33. The van der Waals surface area contributed by atoms with Crippen LogP contribution in [0.2, 0.25) is 0 Å². The number of hydrogen-bond donors (Lipinski definition) is 1. The first kappa shape index (κ1) is 13.2. The summed E-state index contributed by atoms with van der Waals surface area (Å²) >= 11 is 0. The quantitative estimate of drug-likeness (QED) is 0.629. The van der Waals surface area contributed by atoms with Gasteiger partial charge in [0.05, 0.1) is 15.7 Å². The van der Waals surface area contributed by atoms with E-state index in [4.69, 9.17) is 0 Å². The molecular formula is C12H16N2O3S. The zero-order chi connectivity index (χ0) is 13.1. The Morgan fingerprint density at radius 2 is 2.06 bits per heavy atom. The van der Waals surface area contributed by atoms with E-state index >= 15 is 0 Å². The van der Waals surface area contributed by atoms with Gasteiger partial charge in [0, 0.05) is 28.8 Å². The van der Waals surface area contributed by atoms with Crippen molar-refractivity contribution in [3.8, 4) is 0 Å². The van der Waals surface area contributed by atoms with Crippen molar-refractivity contribution in [2.75, 3.05) is 12.8 Å². The van der Waals surface area contributed by atoms with Crippen molar-refractivity contribution in [1.82, 2.24) is 5.32 Å². The SMILES string of the molecule is CNC(CS(=O)c1ccc([N+](=O)[O-])cc1)C1CC1. The fraction of sp³-hybridized carbons (Fsp3) is 0.500. The van der Waals surface area contributed by atoms with Gasteiger partial charge < -0.3 is 5.32 Å². The molecule has 2 rings (SSSR count). The summed E-state index contributed by atoms with van der Waals surface area (Å²) in [5.41, 5.74) is 0.0307. The highest BCUT2D eigenvalue weighted by atomic mass is 32.2. The summed E-state index contributed by atoms with van der Waals surface area (Å²) in [4.78, 5) is 10.7. The molecule has 0 amide bonds. The van der Waals surface area contributed by atoms with Crippen LogP contribution in [-0.4, -0.2) is 28.0 Å². The summed E-state index contributed by atoms with van der Waals surface area (Å²) in [5.74, 6) is 1.20. The number of nitro groups is 1. The minimum absolute atomic E-state index is 0.0307. The molecule has 1 fully saturated rings. The van der Waals surface area contributed by atoms with Crippen LogP contribution in [0.1, 0.15) is 12.8 Å². The van der Waals surface area contributed by atoms with Crippen LogP contribution in [0.25, 0.3) is 0 Å². The largest absolute Gasteiger partial charge is 0.316 e. The molecule has 0 heterocycles. The fourth-order valence-corrected chi connectivity index (χ4v) is 3.33. The molecular weight excluding hydrogens is 252 g/mol. The van der Waals surface area contributed by atoms with Crippen molar-refractivity contribution >= 4 is 16.5 Å². The topological polar surface area (TPSA) is 72.2 Å². The third-order valence-corrected chi connectivity index (χ3v) is 4.66. The van der Waals surface area contributed by atoms with E-state index in [1.54, 1.807) is 12.1 Å². The molecule has 0 radical (unpaired) electrons. The standard InChI is InChI=1S/C12H16N2O3S/c1-13-12(9-2-3-9)8-18(17)11-6-4-10(5-7-11)14(15)16/h4-7,9,12-13H,2-3,8H2,1H3. The van der Waals surface area contributed by atoms with E-state index < -0.39 is 15.7 Å². The van der Waals surface area contributed by atoms with E-state index in [0.717, 1.165) is 0 Å². The molecule has 0 spiro atoms. The zero-order valence-corrected chi connectivity index (χ0v) is 11.0. The Kier molecular flexibility index (Phi) is 4.08. The van der Waals surface area contributed by atoms with Gasteiger partial charge >= 0.3 is 0 Å². The second-order valence-corrected chi connectivity index (χ2v) is 5.99. The van der Waals surface area contributed by atoms with Gasteiger partial charge in [0.1, 0.15) is 0 Å². The molecule has 1 aliphatic rings. The Labute approximate surface area is 108 Å². The molecule has 98 valence electrons. The monoisotopic (exact) mass is 268 g/mol. The maximum absolute atomic E-state index is 12.1. The second-order valence-electron chi connectivity index (χ2n) is 4.50. The molecule has 6 heteroatoms. The molecule has 0 saturated heterocycles. The van der Waals surface area contributed by atoms with E-state index in [-0.39, 0.29) is 11.7 Å². The summed E-state index contributed by atoms with van der Waals surface area (Å²) in [6, 6.07) is 6.24. The first-order valence-corrected chi connectivity index (χ1v) is 7.24. The molecule has 0 aliphatic heterocycles. The highest BCUT2D eigenvalue weighted by molar-refractivity contribution is 7.85. The number of nitrogens with one attached hydrogen (secondary N) is 1. The summed E-state index contributed by atoms with van der Waals surface area (Å²) in [5, 5.41) is 13.7. The Balaban J connectivity index is 2.01. The maximum Gasteiger partial charge on any atom is 0.269 e. The molecule has 5 nitrogen and oxygen atoms in total. The normalized spacial score (nSPS) is 18.3. The van der Waals surface area contributed by atoms with E-state index in [1.165, 1.54) is 25.0 Å². The van der Waals surface area contributed by atoms with Crippen molar-refractivity contribution in [3.05, 3.63) is 34.4 Å². The molecule has 1 N–H and O–H groups in total. The van der Waals surface area contributed by atoms with Crippen LogP contribution in [0, 0.1) is 16.0 Å². The predicted molar refractivity (Wildman–Crippen MR) is 69.9 cm³/mol. The van der Waals surface area contributed by atoms with E-state index in [0.29, 0.717) is 16.6 Å². The lowest BCUT2D eigenvalue weighted by atomic mass is 10.2. The summed E-state index contributed by atoms with van der Waals surface area (Å²) in [7, 11) is 0.784. The van der Waals surface area contributed by atoms with Gasteiger partial charge in [0.2, 0.25) is 0 Å². The van der Waals surface area contributed by atoms with Gasteiger partial charge in [-0.2, -0.15) is 0 Å². The molecule has 1 aromatic rings. The minimum Gasteiger partial charge on any atom is -0.316 e. The average molecular weight is 268 g/mol. The van der Waals surface area contributed by atoms with Crippen molar-refractivity contribution in [3.63, 3.8) is 0 Å². The Hall–Kier alpha value is -1.27. The molecule has 1 aliphatic carbocycles. The molecule has 1 aromatic carbocycles. The van der Waals surface area contributed by atoms with Gasteiger partial charge in [-0.15, -0.1) is 0 Å². The van der Waals surface area contributed by atoms with Crippen LogP contribution in [0.5, 0.6) is 0 Å². The third kappa shape index (κ3) is 3.14. The Morgan fingerprint density at radius 1 is 1.44 bits per heavy atom. The van der Waals surface area contributed by atoms with Gasteiger partial charge in [0.25, 0.3) is 5.69 Å². The lowest BCUT2D eigenvalue weighted by Crippen LogP contribution is -2.33. The van der Waals surface area contributed by atoms with Crippen LogP contribution >= 0.6 is 0 Å².